The van der Waals surface area contributed by atoms with Crippen molar-refractivity contribution in [2.24, 2.45) is 11.8 Å². The lowest BCUT2D eigenvalue weighted by Crippen LogP contribution is -2.48. The van der Waals surface area contributed by atoms with Crippen LogP contribution in [0.25, 0.3) is 0 Å². The van der Waals surface area contributed by atoms with E-state index in [4.69, 9.17) is 5.11 Å². The number of hydrogen-bond acceptors (Lipinski definition) is 2. The molecule has 13 heavy (non-hydrogen) atoms. The van der Waals surface area contributed by atoms with Gasteiger partial charge in [0.05, 0.1) is 5.92 Å². The predicted molar refractivity (Wildman–Crippen MR) is 49.5 cm³/mol. The third-order valence-corrected chi connectivity index (χ3v) is 3.47. The fourth-order valence-electron chi connectivity index (χ4n) is 2.69. The Morgan fingerprint density at radius 2 is 2.08 bits per heavy atom. The van der Waals surface area contributed by atoms with E-state index in [1.54, 1.807) is 0 Å². The number of carboxylic acid groups (broad SMARTS) is 1. The van der Waals surface area contributed by atoms with Gasteiger partial charge in [0, 0.05) is 12.6 Å². The second-order valence-electron chi connectivity index (χ2n) is 4.33. The Morgan fingerprint density at radius 1 is 1.31 bits per heavy atom. The van der Waals surface area contributed by atoms with E-state index in [1.807, 2.05) is 0 Å². The zero-order chi connectivity index (χ0) is 9.26. The first-order valence-corrected chi connectivity index (χ1v) is 5.23. The Morgan fingerprint density at radius 3 is 2.85 bits per heavy atom. The zero-order valence-electron chi connectivity index (χ0n) is 7.83. The molecular formula is C10H17NO2. The Hall–Kier alpha value is -0.570. The summed E-state index contributed by atoms with van der Waals surface area (Å²) in [5, 5.41) is 12.3. The van der Waals surface area contributed by atoms with E-state index in [0.717, 1.165) is 6.42 Å². The molecule has 1 aliphatic carbocycles. The zero-order valence-corrected chi connectivity index (χ0v) is 7.83. The van der Waals surface area contributed by atoms with E-state index in [-0.39, 0.29) is 5.92 Å². The van der Waals surface area contributed by atoms with Crippen molar-refractivity contribution < 1.29 is 9.90 Å². The van der Waals surface area contributed by atoms with Crippen LogP contribution < -0.4 is 5.32 Å². The van der Waals surface area contributed by atoms with Crippen molar-refractivity contribution in [3.63, 3.8) is 0 Å². The topological polar surface area (TPSA) is 49.3 Å². The number of rotatable bonds is 1. The van der Waals surface area contributed by atoms with Crippen LogP contribution in [0.2, 0.25) is 0 Å². The second-order valence-corrected chi connectivity index (χ2v) is 4.33. The largest absolute Gasteiger partial charge is 0.481 e. The van der Waals surface area contributed by atoms with E-state index in [2.05, 4.69) is 5.32 Å². The van der Waals surface area contributed by atoms with Gasteiger partial charge in [-0.2, -0.15) is 0 Å². The molecule has 0 aromatic carbocycles. The molecule has 1 aliphatic heterocycles. The molecule has 0 aromatic heterocycles. The second kappa shape index (κ2) is 3.66. The molecule has 2 fully saturated rings. The third kappa shape index (κ3) is 1.85. The molecule has 1 saturated carbocycles. The van der Waals surface area contributed by atoms with Crippen LogP contribution in [0.4, 0.5) is 0 Å². The van der Waals surface area contributed by atoms with Gasteiger partial charge in [0.25, 0.3) is 0 Å². The molecule has 3 heteroatoms. The summed E-state index contributed by atoms with van der Waals surface area (Å²) in [5.74, 6) is -0.139. The third-order valence-electron chi connectivity index (χ3n) is 3.47. The molecule has 1 heterocycles. The smallest absolute Gasteiger partial charge is 0.307 e. The van der Waals surface area contributed by atoms with Crippen LogP contribution >= 0.6 is 0 Å². The average molecular weight is 183 g/mol. The van der Waals surface area contributed by atoms with Crippen LogP contribution in [-0.2, 0) is 4.79 Å². The summed E-state index contributed by atoms with van der Waals surface area (Å²) in [4.78, 5) is 10.8. The van der Waals surface area contributed by atoms with Gasteiger partial charge in [-0.25, -0.2) is 0 Å². The van der Waals surface area contributed by atoms with Gasteiger partial charge in [-0.1, -0.05) is 12.8 Å². The summed E-state index contributed by atoms with van der Waals surface area (Å²) in [6, 6.07) is 0.615. The average Bonchev–Trinajstić information content (AvgIpc) is 2.17. The highest BCUT2D eigenvalue weighted by atomic mass is 16.4. The summed E-state index contributed by atoms with van der Waals surface area (Å²) < 4.78 is 0. The van der Waals surface area contributed by atoms with Gasteiger partial charge in [-0.3, -0.25) is 4.79 Å². The monoisotopic (exact) mass is 183 g/mol. The maximum absolute atomic E-state index is 10.8. The SMILES string of the molecule is O=C(O)C1CN[C@H]2CCCCC2C1. The van der Waals surface area contributed by atoms with Crippen molar-refractivity contribution in [3.05, 3.63) is 0 Å². The van der Waals surface area contributed by atoms with Crippen molar-refractivity contribution in [1.29, 1.82) is 0 Å². The molecule has 0 amide bonds. The fourth-order valence-corrected chi connectivity index (χ4v) is 2.69. The molecule has 2 rings (SSSR count). The molecular weight excluding hydrogens is 166 g/mol. The van der Waals surface area contributed by atoms with E-state index in [9.17, 15) is 4.79 Å². The number of carboxylic acids is 1. The number of nitrogens with one attached hydrogen (secondary N) is 1. The Balaban J connectivity index is 1.95. The van der Waals surface area contributed by atoms with Crippen LogP contribution in [-0.4, -0.2) is 23.7 Å². The summed E-state index contributed by atoms with van der Waals surface area (Å²) in [7, 11) is 0. The van der Waals surface area contributed by atoms with E-state index >= 15 is 0 Å². The summed E-state index contributed by atoms with van der Waals surface area (Å²) in [6.45, 7) is 0.677. The van der Waals surface area contributed by atoms with Gasteiger partial charge < -0.3 is 10.4 Å². The van der Waals surface area contributed by atoms with Crippen LogP contribution in [0, 0.1) is 11.8 Å². The lowest BCUT2D eigenvalue weighted by atomic mass is 9.76. The molecule has 0 spiro atoms. The van der Waals surface area contributed by atoms with Crippen molar-refractivity contribution in [3.8, 4) is 0 Å². The summed E-state index contributed by atoms with van der Waals surface area (Å²) in [6.07, 6.45) is 5.96. The lowest BCUT2D eigenvalue weighted by Gasteiger charge is -2.38. The van der Waals surface area contributed by atoms with Crippen LogP contribution in [0.3, 0.4) is 0 Å². The maximum atomic E-state index is 10.8. The van der Waals surface area contributed by atoms with Gasteiger partial charge in [-0.15, -0.1) is 0 Å². The number of fused-ring (bicyclic) bond motifs is 1. The number of carbonyl (C=O) groups is 1. The van der Waals surface area contributed by atoms with Crippen molar-refractivity contribution in [2.75, 3.05) is 6.54 Å². The molecule has 2 unspecified atom stereocenters. The summed E-state index contributed by atoms with van der Waals surface area (Å²) >= 11 is 0. The fraction of sp³-hybridized carbons (Fsp3) is 0.900. The minimum atomic E-state index is -0.628. The van der Waals surface area contributed by atoms with Gasteiger partial charge in [0.2, 0.25) is 0 Å². The normalized spacial score (nSPS) is 39.5. The quantitative estimate of drug-likeness (QED) is 0.643. The molecule has 3 atom stereocenters. The summed E-state index contributed by atoms with van der Waals surface area (Å²) in [5.41, 5.74) is 0. The molecule has 2 aliphatic rings. The van der Waals surface area contributed by atoms with Gasteiger partial charge in [0.1, 0.15) is 0 Å². The molecule has 0 radical (unpaired) electrons. The van der Waals surface area contributed by atoms with Crippen molar-refractivity contribution >= 4 is 5.97 Å². The first kappa shape index (κ1) is 9.00. The molecule has 2 N–H and O–H groups in total. The van der Waals surface area contributed by atoms with Gasteiger partial charge in [-0.05, 0) is 25.2 Å². The minimum absolute atomic E-state index is 0.139. The minimum Gasteiger partial charge on any atom is -0.481 e. The van der Waals surface area contributed by atoms with Crippen LogP contribution in [0.5, 0.6) is 0 Å². The Kier molecular flexibility index (Phi) is 2.54. The van der Waals surface area contributed by atoms with Gasteiger partial charge in [0.15, 0.2) is 0 Å². The van der Waals surface area contributed by atoms with E-state index in [0.29, 0.717) is 18.5 Å². The number of hydrogen-bond donors (Lipinski definition) is 2. The van der Waals surface area contributed by atoms with Crippen LogP contribution in [0.15, 0.2) is 0 Å². The van der Waals surface area contributed by atoms with Crippen molar-refractivity contribution in [1.82, 2.24) is 5.32 Å². The Bertz CT molecular complexity index is 205. The van der Waals surface area contributed by atoms with E-state index < -0.39 is 5.97 Å². The molecule has 0 aromatic rings. The van der Waals surface area contributed by atoms with Crippen LogP contribution in [0.1, 0.15) is 32.1 Å². The highest BCUT2D eigenvalue weighted by Gasteiger charge is 2.34. The Labute approximate surface area is 78.5 Å². The van der Waals surface area contributed by atoms with E-state index in [1.165, 1.54) is 25.7 Å². The number of piperidine rings is 1. The predicted octanol–water partition coefficient (Wildman–Crippen LogP) is 1.24. The first-order valence-electron chi connectivity index (χ1n) is 5.23. The number of aliphatic carboxylic acids is 1. The highest BCUT2D eigenvalue weighted by Crippen LogP contribution is 2.32. The lowest BCUT2D eigenvalue weighted by molar-refractivity contribution is -0.143. The first-order chi connectivity index (χ1) is 6.27. The van der Waals surface area contributed by atoms with Gasteiger partial charge >= 0.3 is 5.97 Å². The standard InChI is InChI=1S/C10H17NO2/c12-10(13)8-5-7-3-1-2-4-9(7)11-6-8/h7-9,11H,1-6H2,(H,12,13)/t7?,8?,9-/m0/s1. The molecule has 74 valence electrons. The maximum Gasteiger partial charge on any atom is 0.307 e. The molecule has 1 saturated heterocycles. The molecule has 0 bridgehead atoms. The molecule has 3 nitrogen and oxygen atoms in total. The van der Waals surface area contributed by atoms with Crippen molar-refractivity contribution in [2.45, 2.75) is 38.1 Å². The highest BCUT2D eigenvalue weighted by molar-refractivity contribution is 5.70.